The van der Waals surface area contributed by atoms with Gasteiger partial charge in [-0.15, -0.1) is 0 Å². The molecule has 3 rings (SSSR count). The van der Waals surface area contributed by atoms with Crippen molar-refractivity contribution >= 4 is 17.7 Å². The lowest BCUT2D eigenvalue weighted by Gasteiger charge is -2.15. The molecule has 0 saturated carbocycles. The first-order valence-corrected chi connectivity index (χ1v) is 6.72. The van der Waals surface area contributed by atoms with Crippen molar-refractivity contribution in [2.45, 2.75) is 13.0 Å². The Hall–Kier alpha value is -2.62. The van der Waals surface area contributed by atoms with Crippen molar-refractivity contribution in [2.24, 2.45) is 4.99 Å². The van der Waals surface area contributed by atoms with Crippen LogP contribution in [0.3, 0.4) is 0 Å². The van der Waals surface area contributed by atoms with Gasteiger partial charge in [-0.05, 0) is 11.6 Å². The van der Waals surface area contributed by atoms with Crippen LogP contribution in [0.4, 0.5) is 5.69 Å². The van der Waals surface area contributed by atoms with Crippen LogP contribution in [0.15, 0.2) is 47.5 Å². The van der Waals surface area contributed by atoms with E-state index in [0.29, 0.717) is 35.8 Å². The van der Waals surface area contributed by atoms with Gasteiger partial charge in [-0.1, -0.05) is 30.3 Å². The van der Waals surface area contributed by atoms with E-state index in [-0.39, 0.29) is 5.78 Å². The predicted molar refractivity (Wildman–Crippen MR) is 80.9 cm³/mol. The van der Waals surface area contributed by atoms with Gasteiger partial charge in [-0.25, -0.2) is 0 Å². The Kier molecular flexibility index (Phi) is 3.69. The number of hydrogen-bond donors (Lipinski definition) is 0. The molecule has 0 saturated heterocycles. The number of carbonyl (C=O) groups is 1. The van der Waals surface area contributed by atoms with Crippen LogP contribution in [-0.4, -0.2) is 19.1 Å². The highest BCUT2D eigenvalue weighted by Gasteiger charge is 2.18. The zero-order chi connectivity index (χ0) is 14.7. The number of ketones is 1. The van der Waals surface area contributed by atoms with Gasteiger partial charge in [0.2, 0.25) is 0 Å². The molecule has 0 N–H and O–H groups in total. The zero-order valence-corrected chi connectivity index (χ0v) is 11.7. The first kappa shape index (κ1) is 13.4. The van der Waals surface area contributed by atoms with Crippen LogP contribution in [-0.2, 0) is 6.61 Å². The van der Waals surface area contributed by atoms with Crippen molar-refractivity contribution in [3.63, 3.8) is 0 Å². The number of aliphatic imine (C=N–C) groups is 1. The average Bonchev–Trinajstić information content (AvgIpc) is 2.53. The fraction of sp³-hybridized carbons (Fsp3) is 0.176. The number of hydrogen-bond acceptors (Lipinski definition) is 4. The molecule has 1 heterocycles. The van der Waals surface area contributed by atoms with Crippen LogP contribution in [0.5, 0.6) is 11.5 Å². The van der Waals surface area contributed by atoms with Gasteiger partial charge >= 0.3 is 0 Å². The second kappa shape index (κ2) is 5.79. The Balaban J connectivity index is 1.88. The molecular weight excluding hydrogens is 266 g/mol. The van der Waals surface area contributed by atoms with Crippen LogP contribution in [0.25, 0.3) is 0 Å². The molecule has 0 unspecified atom stereocenters. The highest BCUT2D eigenvalue weighted by atomic mass is 16.5. The number of methoxy groups -OCH3 is 1. The Labute approximate surface area is 123 Å². The average molecular weight is 281 g/mol. The molecule has 1 aliphatic heterocycles. The van der Waals surface area contributed by atoms with Crippen LogP contribution in [0.2, 0.25) is 0 Å². The Morgan fingerprint density at radius 3 is 2.71 bits per heavy atom. The fourth-order valence-electron chi connectivity index (χ4n) is 2.22. The van der Waals surface area contributed by atoms with Crippen molar-refractivity contribution in [3.8, 4) is 11.5 Å². The number of fused-ring (bicyclic) bond motifs is 1. The van der Waals surface area contributed by atoms with Gasteiger partial charge in [0, 0.05) is 24.3 Å². The number of ether oxygens (including phenoxy) is 2. The molecule has 0 aromatic heterocycles. The molecule has 2 aromatic carbocycles. The van der Waals surface area contributed by atoms with Crippen LogP contribution < -0.4 is 9.47 Å². The first-order valence-electron chi connectivity index (χ1n) is 6.72. The summed E-state index contributed by atoms with van der Waals surface area (Å²) in [5, 5.41) is 0. The summed E-state index contributed by atoms with van der Waals surface area (Å²) in [6.07, 6.45) is 1.96. The number of Topliss-reactive ketones (excluding diaryl/α,β-unsaturated/α-hetero) is 1. The monoisotopic (exact) mass is 281 g/mol. The van der Waals surface area contributed by atoms with Crippen molar-refractivity contribution in [3.05, 3.63) is 53.6 Å². The third kappa shape index (κ3) is 2.79. The molecule has 0 fully saturated rings. The zero-order valence-electron chi connectivity index (χ0n) is 11.7. The van der Waals surface area contributed by atoms with Crippen LogP contribution in [0.1, 0.15) is 22.3 Å². The first-order chi connectivity index (χ1) is 10.3. The highest BCUT2D eigenvalue weighted by molar-refractivity contribution is 6.10. The molecule has 0 bridgehead atoms. The van der Waals surface area contributed by atoms with Gasteiger partial charge < -0.3 is 9.47 Å². The van der Waals surface area contributed by atoms with Crippen molar-refractivity contribution < 1.29 is 14.3 Å². The summed E-state index contributed by atoms with van der Waals surface area (Å²) in [4.78, 5) is 16.1. The quantitative estimate of drug-likeness (QED) is 0.860. The molecule has 1 aliphatic rings. The molecule has 2 aromatic rings. The Morgan fingerprint density at radius 1 is 1.14 bits per heavy atom. The molecule has 0 spiro atoms. The fourth-order valence-corrected chi connectivity index (χ4v) is 2.22. The van der Waals surface area contributed by atoms with E-state index in [4.69, 9.17) is 9.47 Å². The van der Waals surface area contributed by atoms with Crippen molar-refractivity contribution in [1.29, 1.82) is 0 Å². The van der Waals surface area contributed by atoms with Crippen LogP contribution in [0, 0.1) is 0 Å². The maximum atomic E-state index is 11.9. The third-order valence-electron chi connectivity index (χ3n) is 3.33. The lowest BCUT2D eigenvalue weighted by molar-refractivity contribution is 0.100. The second-order valence-corrected chi connectivity index (χ2v) is 4.73. The van der Waals surface area contributed by atoms with E-state index in [1.165, 1.54) is 0 Å². The van der Waals surface area contributed by atoms with Crippen molar-refractivity contribution in [2.75, 3.05) is 7.11 Å². The minimum atomic E-state index is 0.0490. The van der Waals surface area contributed by atoms with Crippen LogP contribution >= 0.6 is 0 Å². The van der Waals surface area contributed by atoms with Gasteiger partial charge in [0.05, 0.1) is 12.8 Å². The lowest BCUT2D eigenvalue weighted by atomic mass is 10.0. The van der Waals surface area contributed by atoms with E-state index in [1.54, 1.807) is 25.5 Å². The smallest absolute Gasteiger partial charge is 0.170 e. The molecule has 106 valence electrons. The van der Waals surface area contributed by atoms with Gasteiger partial charge in [-0.2, -0.15) is 0 Å². The number of carbonyl (C=O) groups excluding carboxylic acids is 1. The van der Waals surface area contributed by atoms with Gasteiger partial charge in [0.25, 0.3) is 0 Å². The van der Waals surface area contributed by atoms with Gasteiger partial charge in [0.1, 0.15) is 6.61 Å². The number of benzene rings is 2. The SMILES string of the molecule is COc1cc2c(cc1OCc1ccccc1)N=CCC2=O. The maximum absolute atomic E-state index is 11.9. The molecular formula is C17H15NO3. The van der Waals surface area contributed by atoms with E-state index < -0.39 is 0 Å². The number of rotatable bonds is 4. The second-order valence-electron chi connectivity index (χ2n) is 4.73. The van der Waals surface area contributed by atoms with Gasteiger partial charge in [0.15, 0.2) is 17.3 Å². The summed E-state index contributed by atoms with van der Waals surface area (Å²) >= 11 is 0. The number of nitrogens with zero attached hydrogens (tertiary/aromatic N) is 1. The summed E-state index contributed by atoms with van der Waals surface area (Å²) in [5.41, 5.74) is 2.29. The summed E-state index contributed by atoms with van der Waals surface area (Å²) in [6, 6.07) is 13.3. The Bertz CT molecular complexity index is 693. The largest absolute Gasteiger partial charge is 0.493 e. The van der Waals surface area contributed by atoms with E-state index in [2.05, 4.69) is 4.99 Å². The predicted octanol–water partition coefficient (Wildman–Crippen LogP) is 3.56. The summed E-state index contributed by atoms with van der Waals surface area (Å²) in [7, 11) is 1.56. The van der Waals surface area contributed by atoms with Crippen molar-refractivity contribution in [1.82, 2.24) is 0 Å². The molecule has 0 aliphatic carbocycles. The minimum absolute atomic E-state index is 0.0490. The molecule has 0 amide bonds. The van der Waals surface area contributed by atoms with E-state index >= 15 is 0 Å². The lowest BCUT2D eigenvalue weighted by Crippen LogP contribution is -2.06. The molecule has 4 nitrogen and oxygen atoms in total. The third-order valence-corrected chi connectivity index (χ3v) is 3.33. The topological polar surface area (TPSA) is 47.9 Å². The summed E-state index contributed by atoms with van der Waals surface area (Å²) in [5.74, 6) is 1.19. The van der Waals surface area contributed by atoms with Gasteiger partial charge in [-0.3, -0.25) is 9.79 Å². The minimum Gasteiger partial charge on any atom is -0.493 e. The summed E-state index contributed by atoms with van der Waals surface area (Å²) < 4.78 is 11.1. The molecule has 0 radical (unpaired) electrons. The standard InChI is InChI=1S/C17H15NO3/c1-20-16-9-13-14(18-8-7-15(13)19)10-17(16)21-11-12-5-3-2-4-6-12/h2-6,8-10H,7,11H2,1H3. The summed E-state index contributed by atoms with van der Waals surface area (Å²) in [6.45, 7) is 0.438. The van der Waals surface area contributed by atoms with E-state index in [1.807, 2.05) is 30.3 Å². The Morgan fingerprint density at radius 2 is 1.95 bits per heavy atom. The highest BCUT2D eigenvalue weighted by Crippen LogP contribution is 2.37. The van der Waals surface area contributed by atoms with E-state index in [0.717, 1.165) is 5.56 Å². The molecule has 21 heavy (non-hydrogen) atoms. The molecule has 4 heteroatoms. The molecule has 0 atom stereocenters. The normalized spacial score (nSPS) is 12.9. The van der Waals surface area contributed by atoms with E-state index in [9.17, 15) is 4.79 Å². The maximum Gasteiger partial charge on any atom is 0.170 e.